The molecule has 0 saturated heterocycles. The fourth-order valence-corrected chi connectivity index (χ4v) is 3.41. The van der Waals surface area contributed by atoms with E-state index < -0.39 is 21.8 Å². The van der Waals surface area contributed by atoms with E-state index in [2.05, 4.69) is 15.6 Å². The standard InChI is InChI=1S/C20H24N4O7S/c1-2-31-12-10-22-18(26)14-3-6-16(7-4-14)32(29,30)24-19(27)15-5-8-17(23-13-15)20(28)21-9-11-25/h3-8,13,25H,2,9-12H2,1H3,(H,21,28)(H,22,26)(H,24,27). The summed E-state index contributed by atoms with van der Waals surface area (Å²) in [6.07, 6.45) is 1.06. The van der Waals surface area contributed by atoms with Crippen molar-refractivity contribution >= 4 is 27.7 Å². The molecule has 0 aliphatic carbocycles. The van der Waals surface area contributed by atoms with Crippen molar-refractivity contribution in [1.29, 1.82) is 0 Å². The van der Waals surface area contributed by atoms with Crippen LogP contribution < -0.4 is 15.4 Å². The van der Waals surface area contributed by atoms with Crippen LogP contribution in [0.1, 0.15) is 38.1 Å². The molecule has 0 atom stereocenters. The predicted octanol–water partition coefficient (Wildman–Crippen LogP) is -0.311. The molecule has 11 nitrogen and oxygen atoms in total. The molecule has 172 valence electrons. The summed E-state index contributed by atoms with van der Waals surface area (Å²) in [6.45, 7) is 2.88. The van der Waals surface area contributed by atoms with Crippen LogP contribution in [-0.4, -0.2) is 69.1 Å². The zero-order chi connectivity index (χ0) is 23.6. The number of aromatic nitrogens is 1. The second kappa shape index (κ2) is 11.9. The maximum atomic E-state index is 12.5. The largest absolute Gasteiger partial charge is 0.395 e. The van der Waals surface area contributed by atoms with E-state index in [0.29, 0.717) is 19.8 Å². The van der Waals surface area contributed by atoms with Gasteiger partial charge in [0.25, 0.3) is 27.7 Å². The van der Waals surface area contributed by atoms with Crippen molar-refractivity contribution in [3.8, 4) is 0 Å². The first-order chi connectivity index (χ1) is 15.3. The molecule has 2 aromatic rings. The SMILES string of the molecule is CCOCCNC(=O)c1ccc(S(=O)(=O)NC(=O)c2ccc(C(=O)NCCO)nc2)cc1. The molecule has 1 aromatic carbocycles. The minimum Gasteiger partial charge on any atom is -0.395 e. The number of aliphatic hydroxyl groups excluding tert-OH is 1. The lowest BCUT2D eigenvalue weighted by atomic mass is 10.2. The molecular formula is C20H24N4O7S. The van der Waals surface area contributed by atoms with E-state index in [0.717, 1.165) is 6.20 Å². The number of sulfonamides is 1. The predicted molar refractivity (Wildman–Crippen MR) is 114 cm³/mol. The van der Waals surface area contributed by atoms with Gasteiger partial charge in [0.05, 0.1) is 23.7 Å². The molecule has 1 heterocycles. The molecular weight excluding hydrogens is 440 g/mol. The highest BCUT2D eigenvalue weighted by molar-refractivity contribution is 7.90. The normalized spacial score (nSPS) is 10.9. The van der Waals surface area contributed by atoms with Gasteiger partial charge in [-0.15, -0.1) is 0 Å². The average Bonchev–Trinajstić information content (AvgIpc) is 2.80. The number of ether oxygens (including phenoxy) is 1. The van der Waals surface area contributed by atoms with E-state index in [9.17, 15) is 22.8 Å². The summed E-state index contributed by atoms with van der Waals surface area (Å²) in [5.41, 5.74) is 0.191. The van der Waals surface area contributed by atoms with E-state index in [1.807, 2.05) is 11.6 Å². The van der Waals surface area contributed by atoms with Crippen LogP contribution >= 0.6 is 0 Å². The Morgan fingerprint density at radius 3 is 2.19 bits per heavy atom. The van der Waals surface area contributed by atoms with Gasteiger partial charge < -0.3 is 20.5 Å². The van der Waals surface area contributed by atoms with Gasteiger partial charge in [-0.2, -0.15) is 0 Å². The molecule has 0 radical (unpaired) electrons. The Labute approximate surface area is 185 Å². The lowest BCUT2D eigenvalue weighted by Gasteiger charge is -2.09. The minimum atomic E-state index is -4.20. The van der Waals surface area contributed by atoms with Crippen LogP contribution in [0.25, 0.3) is 0 Å². The number of hydrogen-bond acceptors (Lipinski definition) is 8. The molecule has 3 amide bonds. The van der Waals surface area contributed by atoms with Gasteiger partial charge in [-0.1, -0.05) is 0 Å². The first-order valence-electron chi connectivity index (χ1n) is 9.66. The Morgan fingerprint density at radius 2 is 1.59 bits per heavy atom. The summed E-state index contributed by atoms with van der Waals surface area (Å²) >= 11 is 0. The molecule has 2 rings (SSSR count). The summed E-state index contributed by atoms with van der Waals surface area (Å²) < 4.78 is 32.0. The molecule has 0 spiro atoms. The van der Waals surface area contributed by atoms with Crippen LogP contribution in [0.3, 0.4) is 0 Å². The average molecular weight is 465 g/mol. The number of pyridine rings is 1. The quantitative estimate of drug-likeness (QED) is 0.329. The summed E-state index contributed by atoms with van der Waals surface area (Å²) in [5.74, 6) is -1.86. The summed E-state index contributed by atoms with van der Waals surface area (Å²) in [4.78, 5) is 39.7. The fourth-order valence-electron chi connectivity index (χ4n) is 2.43. The Hall–Kier alpha value is -3.35. The number of aliphatic hydroxyl groups is 1. The van der Waals surface area contributed by atoms with E-state index in [1.54, 1.807) is 0 Å². The third kappa shape index (κ3) is 7.11. The highest BCUT2D eigenvalue weighted by atomic mass is 32.2. The number of benzene rings is 1. The van der Waals surface area contributed by atoms with Crippen molar-refractivity contribution in [3.05, 3.63) is 59.4 Å². The molecule has 0 bridgehead atoms. The lowest BCUT2D eigenvalue weighted by Crippen LogP contribution is -2.31. The molecule has 0 fully saturated rings. The maximum Gasteiger partial charge on any atom is 0.269 e. The van der Waals surface area contributed by atoms with Gasteiger partial charge in [0.1, 0.15) is 5.69 Å². The van der Waals surface area contributed by atoms with Crippen molar-refractivity contribution in [2.75, 3.05) is 32.9 Å². The number of carbonyl (C=O) groups is 3. The molecule has 1 aromatic heterocycles. The fraction of sp³-hybridized carbons (Fsp3) is 0.300. The highest BCUT2D eigenvalue weighted by Gasteiger charge is 2.20. The Bertz CT molecular complexity index is 1040. The van der Waals surface area contributed by atoms with Gasteiger partial charge >= 0.3 is 0 Å². The topological polar surface area (TPSA) is 164 Å². The van der Waals surface area contributed by atoms with E-state index in [1.165, 1.54) is 36.4 Å². The Kier molecular flexibility index (Phi) is 9.25. The zero-order valence-electron chi connectivity index (χ0n) is 17.3. The first-order valence-corrected chi connectivity index (χ1v) is 11.1. The summed E-state index contributed by atoms with van der Waals surface area (Å²) in [6, 6.07) is 7.58. The molecule has 0 aliphatic rings. The van der Waals surface area contributed by atoms with Gasteiger partial charge in [0.15, 0.2) is 0 Å². The second-order valence-electron chi connectivity index (χ2n) is 6.32. The van der Waals surface area contributed by atoms with Crippen LogP contribution in [0.5, 0.6) is 0 Å². The van der Waals surface area contributed by atoms with Crippen LogP contribution in [-0.2, 0) is 14.8 Å². The third-order valence-electron chi connectivity index (χ3n) is 4.05. The van der Waals surface area contributed by atoms with Crippen molar-refractivity contribution in [3.63, 3.8) is 0 Å². The van der Waals surface area contributed by atoms with Gasteiger partial charge in [-0.25, -0.2) is 13.1 Å². The molecule has 0 aliphatic heterocycles. The van der Waals surface area contributed by atoms with Crippen molar-refractivity contribution in [2.24, 2.45) is 0 Å². The molecule has 12 heteroatoms. The monoisotopic (exact) mass is 464 g/mol. The number of rotatable bonds is 11. The Balaban J connectivity index is 2.00. The maximum absolute atomic E-state index is 12.5. The van der Waals surface area contributed by atoms with E-state index in [4.69, 9.17) is 9.84 Å². The number of hydrogen-bond donors (Lipinski definition) is 4. The first kappa shape index (κ1) is 24.9. The van der Waals surface area contributed by atoms with Crippen molar-refractivity contribution in [2.45, 2.75) is 11.8 Å². The third-order valence-corrected chi connectivity index (χ3v) is 5.39. The highest BCUT2D eigenvalue weighted by Crippen LogP contribution is 2.12. The van der Waals surface area contributed by atoms with Gasteiger partial charge in [0, 0.05) is 31.5 Å². The number of amides is 3. The van der Waals surface area contributed by atoms with E-state index >= 15 is 0 Å². The molecule has 0 unspecified atom stereocenters. The Morgan fingerprint density at radius 1 is 0.938 bits per heavy atom. The molecule has 32 heavy (non-hydrogen) atoms. The summed E-state index contributed by atoms with van der Waals surface area (Å²) in [5, 5.41) is 13.7. The van der Waals surface area contributed by atoms with Gasteiger partial charge in [-0.3, -0.25) is 19.4 Å². The lowest BCUT2D eigenvalue weighted by molar-refractivity contribution is 0.0920. The van der Waals surface area contributed by atoms with Crippen molar-refractivity contribution in [1.82, 2.24) is 20.3 Å². The van der Waals surface area contributed by atoms with Crippen LogP contribution in [0.2, 0.25) is 0 Å². The number of nitrogens with one attached hydrogen (secondary N) is 3. The number of carbonyl (C=O) groups excluding carboxylic acids is 3. The van der Waals surface area contributed by atoms with E-state index in [-0.39, 0.29) is 40.8 Å². The minimum absolute atomic E-state index is 0.00739. The van der Waals surface area contributed by atoms with Crippen LogP contribution in [0.4, 0.5) is 0 Å². The second-order valence-corrected chi connectivity index (χ2v) is 8.01. The van der Waals surface area contributed by atoms with Gasteiger partial charge in [0.2, 0.25) is 0 Å². The molecule has 4 N–H and O–H groups in total. The van der Waals surface area contributed by atoms with Crippen LogP contribution in [0.15, 0.2) is 47.5 Å². The number of nitrogens with zero attached hydrogens (tertiary/aromatic N) is 1. The van der Waals surface area contributed by atoms with Crippen molar-refractivity contribution < 1.29 is 32.6 Å². The summed E-state index contributed by atoms with van der Waals surface area (Å²) in [7, 11) is -4.20. The molecule has 0 saturated carbocycles. The van der Waals surface area contributed by atoms with Gasteiger partial charge in [-0.05, 0) is 43.3 Å². The smallest absolute Gasteiger partial charge is 0.269 e. The van der Waals surface area contributed by atoms with Crippen LogP contribution in [0, 0.1) is 0 Å². The zero-order valence-corrected chi connectivity index (χ0v) is 18.1.